The maximum Gasteiger partial charge on any atom is 0.246 e. The summed E-state index contributed by atoms with van der Waals surface area (Å²) in [5.41, 5.74) is 2.65. The van der Waals surface area contributed by atoms with Crippen molar-refractivity contribution in [1.29, 1.82) is 0 Å². The molecule has 0 aliphatic carbocycles. The summed E-state index contributed by atoms with van der Waals surface area (Å²) in [4.78, 5) is 15.3. The molecule has 0 spiro atoms. The van der Waals surface area contributed by atoms with Crippen LogP contribution in [0.5, 0.6) is 17.2 Å². The van der Waals surface area contributed by atoms with E-state index in [1.165, 1.54) is 0 Å². The Morgan fingerprint density at radius 1 is 1.03 bits per heavy atom. The van der Waals surface area contributed by atoms with Crippen LogP contribution in [0.15, 0.2) is 72.8 Å². The minimum Gasteiger partial charge on any atom is -0.497 e. The molecule has 6 nitrogen and oxygen atoms in total. The van der Waals surface area contributed by atoms with Crippen LogP contribution in [0, 0.1) is 0 Å². The third-order valence-electron chi connectivity index (χ3n) is 5.01. The van der Waals surface area contributed by atoms with Crippen molar-refractivity contribution in [3.8, 4) is 17.2 Å². The molecule has 0 bridgehead atoms. The van der Waals surface area contributed by atoms with Crippen molar-refractivity contribution in [2.75, 3.05) is 26.3 Å². The number of amides is 1. The molecule has 1 heterocycles. The normalized spacial score (nSPS) is 13.2. The monoisotopic (exact) mass is 404 g/mol. The van der Waals surface area contributed by atoms with Gasteiger partial charge in [0.25, 0.3) is 0 Å². The Hall–Kier alpha value is -3.51. The maximum absolute atomic E-state index is 13.3. The Morgan fingerprint density at radius 2 is 1.83 bits per heavy atom. The smallest absolute Gasteiger partial charge is 0.246 e. The molecule has 1 aliphatic rings. The van der Waals surface area contributed by atoms with Gasteiger partial charge in [-0.05, 0) is 42.4 Å². The molecular weight excluding hydrogens is 380 g/mol. The fourth-order valence-electron chi connectivity index (χ4n) is 3.57. The van der Waals surface area contributed by atoms with Crippen LogP contribution in [0.1, 0.15) is 17.2 Å². The Bertz CT molecular complexity index is 1020. The molecule has 1 N–H and O–H groups in total. The highest BCUT2D eigenvalue weighted by Crippen LogP contribution is 2.33. The first kappa shape index (κ1) is 19.8. The van der Waals surface area contributed by atoms with Gasteiger partial charge in [0, 0.05) is 18.3 Å². The molecule has 4 rings (SSSR count). The van der Waals surface area contributed by atoms with Gasteiger partial charge in [0.05, 0.1) is 7.11 Å². The summed E-state index contributed by atoms with van der Waals surface area (Å²) >= 11 is 0. The summed E-state index contributed by atoms with van der Waals surface area (Å²) in [5, 5.41) is 3.02. The van der Waals surface area contributed by atoms with E-state index in [-0.39, 0.29) is 12.7 Å². The van der Waals surface area contributed by atoms with Crippen LogP contribution in [-0.2, 0) is 11.3 Å². The van der Waals surface area contributed by atoms with E-state index in [0.29, 0.717) is 18.0 Å². The number of ether oxygens (including phenoxy) is 3. The molecule has 1 amide bonds. The lowest BCUT2D eigenvalue weighted by atomic mass is 10.0. The van der Waals surface area contributed by atoms with Crippen molar-refractivity contribution < 1.29 is 19.0 Å². The first-order valence-electron chi connectivity index (χ1n) is 9.72. The minimum absolute atomic E-state index is 0.113. The fourth-order valence-corrected chi connectivity index (χ4v) is 3.57. The van der Waals surface area contributed by atoms with Gasteiger partial charge < -0.3 is 19.5 Å². The molecule has 3 aromatic rings. The van der Waals surface area contributed by atoms with Crippen LogP contribution in [0.3, 0.4) is 0 Å². The third-order valence-corrected chi connectivity index (χ3v) is 5.01. The average molecular weight is 404 g/mol. The largest absolute Gasteiger partial charge is 0.497 e. The number of likely N-dealkylation sites (N-methyl/N-ethyl adjacent to an activating group) is 1. The standard InChI is InChI=1S/C24H24N2O4/c1-26(15-17-11-12-21-22(13-17)30-16-29-21)23(18-7-4-3-5-8-18)24(27)25-19-9-6-10-20(14-19)28-2/h3-14,23H,15-16H2,1-2H3,(H,25,27)/t23-/m0/s1. The predicted octanol–water partition coefficient (Wildman–Crippen LogP) is 4.24. The zero-order valence-corrected chi connectivity index (χ0v) is 17.0. The van der Waals surface area contributed by atoms with Crippen LogP contribution in [0.2, 0.25) is 0 Å². The second-order valence-electron chi connectivity index (χ2n) is 7.14. The zero-order chi connectivity index (χ0) is 20.9. The number of methoxy groups -OCH3 is 1. The predicted molar refractivity (Wildman–Crippen MR) is 115 cm³/mol. The van der Waals surface area contributed by atoms with E-state index in [4.69, 9.17) is 14.2 Å². The van der Waals surface area contributed by atoms with Crippen LogP contribution in [0.4, 0.5) is 5.69 Å². The maximum atomic E-state index is 13.3. The Morgan fingerprint density at radius 3 is 2.63 bits per heavy atom. The van der Waals surface area contributed by atoms with Crippen LogP contribution in [0.25, 0.3) is 0 Å². The summed E-state index contributed by atoms with van der Waals surface area (Å²) in [7, 11) is 3.54. The second-order valence-corrected chi connectivity index (χ2v) is 7.14. The van der Waals surface area contributed by atoms with E-state index < -0.39 is 6.04 Å². The molecule has 0 fully saturated rings. The van der Waals surface area contributed by atoms with Gasteiger partial charge in [0.1, 0.15) is 11.8 Å². The molecule has 1 atom stereocenters. The minimum atomic E-state index is -0.470. The Labute approximate surface area is 176 Å². The van der Waals surface area contributed by atoms with E-state index in [2.05, 4.69) is 5.32 Å². The first-order chi connectivity index (χ1) is 14.6. The van der Waals surface area contributed by atoms with E-state index >= 15 is 0 Å². The van der Waals surface area contributed by atoms with Crippen LogP contribution >= 0.6 is 0 Å². The van der Waals surface area contributed by atoms with Crippen molar-refractivity contribution in [2.24, 2.45) is 0 Å². The molecular formula is C24H24N2O4. The third kappa shape index (κ3) is 4.39. The fraction of sp³-hybridized carbons (Fsp3) is 0.208. The number of anilines is 1. The molecule has 0 saturated heterocycles. The van der Waals surface area contributed by atoms with E-state index in [1.807, 2.05) is 78.7 Å². The summed E-state index contributed by atoms with van der Waals surface area (Å²) in [5.74, 6) is 2.06. The number of fused-ring (bicyclic) bond motifs is 1. The molecule has 1 aliphatic heterocycles. The summed E-state index contributed by atoms with van der Waals surface area (Å²) in [6.45, 7) is 0.811. The highest BCUT2D eigenvalue weighted by atomic mass is 16.7. The lowest BCUT2D eigenvalue weighted by molar-refractivity contribution is -0.121. The molecule has 0 radical (unpaired) electrons. The number of nitrogens with zero attached hydrogens (tertiary/aromatic N) is 1. The van der Waals surface area contributed by atoms with Gasteiger partial charge in [-0.25, -0.2) is 0 Å². The topological polar surface area (TPSA) is 60.0 Å². The lowest BCUT2D eigenvalue weighted by Gasteiger charge is -2.28. The van der Waals surface area contributed by atoms with E-state index in [0.717, 1.165) is 22.6 Å². The van der Waals surface area contributed by atoms with Crippen LogP contribution in [-0.4, -0.2) is 31.8 Å². The SMILES string of the molecule is COc1cccc(NC(=O)[C@H](c2ccccc2)N(C)Cc2ccc3c(c2)OCO3)c1. The average Bonchev–Trinajstić information content (AvgIpc) is 3.22. The van der Waals surface area contributed by atoms with Crippen molar-refractivity contribution in [2.45, 2.75) is 12.6 Å². The molecule has 0 saturated carbocycles. The van der Waals surface area contributed by atoms with Gasteiger partial charge in [0.2, 0.25) is 12.7 Å². The van der Waals surface area contributed by atoms with Gasteiger partial charge in [-0.15, -0.1) is 0 Å². The van der Waals surface area contributed by atoms with Gasteiger partial charge >= 0.3 is 0 Å². The molecule has 154 valence electrons. The van der Waals surface area contributed by atoms with Gasteiger partial charge in [-0.1, -0.05) is 42.5 Å². The molecule has 3 aromatic carbocycles. The molecule has 0 unspecified atom stereocenters. The summed E-state index contributed by atoms with van der Waals surface area (Å²) < 4.78 is 16.1. The van der Waals surface area contributed by atoms with Gasteiger partial charge in [-0.2, -0.15) is 0 Å². The van der Waals surface area contributed by atoms with Crippen molar-refractivity contribution in [3.63, 3.8) is 0 Å². The number of carbonyl (C=O) groups is 1. The van der Waals surface area contributed by atoms with Crippen LogP contribution < -0.4 is 19.5 Å². The highest BCUT2D eigenvalue weighted by molar-refractivity contribution is 5.95. The Kier molecular flexibility index (Phi) is 5.86. The number of rotatable bonds is 7. The van der Waals surface area contributed by atoms with E-state index in [1.54, 1.807) is 13.2 Å². The molecule has 6 heteroatoms. The number of hydrogen-bond donors (Lipinski definition) is 1. The van der Waals surface area contributed by atoms with Crippen molar-refractivity contribution in [3.05, 3.63) is 83.9 Å². The van der Waals surface area contributed by atoms with Gasteiger partial charge in [-0.3, -0.25) is 9.69 Å². The van der Waals surface area contributed by atoms with E-state index in [9.17, 15) is 4.79 Å². The molecule has 0 aromatic heterocycles. The summed E-state index contributed by atoms with van der Waals surface area (Å²) in [6.07, 6.45) is 0. The summed E-state index contributed by atoms with van der Waals surface area (Å²) in [6, 6.07) is 22.5. The lowest BCUT2D eigenvalue weighted by Crippen LogP contribution is -2.34. The zero-order valence-electron chi connectivity index (χ0n) is 17.0. The quantitative estimate of drug-likeness (QED) is 0.638. The number of benzene rings is 3. The highest BCUT2D eigenvalue weighted by Gasteiger charge is 2.26. The van der Waals surface area contributed by atoms with Gasteiger partial charge in [0.15, 0.2) is 11.5 Å². The number of carbonyl (C=O) groups excluding carboxylic acids is 1. The molecule has 30 heavy (non-hydrogen) atoms. The van der Waals surface area contributed by atoms with Crippen molar-refractivity contribution in [1.82, 2.24) is 4.90 Å². The Balaban J connectivity index is 1.56. The first-order valence-corrected chi connectivity index (χ1v) is 9.72. The second kappa shape index (κ2) is 8.88. The number of hydrogen-bond acceptors (Lipinski definition) is 5. The number of nitrogens with one attached hydrogen (secondary N) is 1. The van der Waals surface area contributed by atoms with Crippen molar-refractivity contribution >= 4 is 11.6 Å².